The number of hydrogen-bond donors (Lipinski definition) is 3. The molecule has 0 fully saturated rings. The Morgan fingerprint density at radius 3 is 2.71 bits per heavy atom. The summed E-state index contributed by atoms with van der Waals surface area (Å²) in [5.74, 6) is -0.145. The van der Waals surface area contributed by atoms with Crippen molar-refractivity contribution in [2.45, 2.75) is 17.9 Å². The third-order valence-electron chi connectivity index (χ3n) is 2.08. The van der Waals surface area contributed by atoms with Gasteiger partial charge in [0.25, 0.3) is 0 Å². The minimum Gasteiger partial charge on any atom is -0.506 e. The predicted molar refractivity (Wildman–Crippen MR) is 64.2 cm³/mol. The van der Waals surface area contributed by atoms with Crippen molar-refractivity contribution in [3.63, 3.8) is 0 Å². The summed E-state index contributed by atoms with van der Waals surface area (Å²) in [6.07, 6.45) is 0. The molecule has 0 heterocycles. The highest BCUT2D eigenvalue weighted by Crippen LogP contribution is 2.23. The third kappa shape index (κ3) is 3.58. The summed E-state index contributed by atoms with van der Waals surface area (Å²) in [6, 6.07) is 3.38. The smallest absolute Gasteiger partial charge is 0.240 e. The van der Waals surface area contributed by atoms with E-state index in [2.05, 4.69) is 4.72 Å². The number of phenols is 1. The van der Waals surface area contributed by atoms with E-state index in [0.29, 0.717) is 0 Å². The van der Waals surface area contributed by atoms with Crippen molar-refractivity contribution in [3.05, 3.63) is 18.2 Å². The van der Waals surface area contributed by atoms with Crippen molar-refractivity contribution in [2.24, 2.45) is 0 Å². The molecule has 1 aromatic rings. The lowest BCUT2D eigenvalue weighted by Gasteiger charge is -2.13. The number of nitrogens with two attached hydrogens (primary N) is 1. The van der Waals surface area contributed by atoms with Crippen molar-refractivity contribution < 1.29 is 18.3 Å². The van der Waals surface area contributed by atoms with Gasteiger partial charge in [0.2, 0.25) is 10.0 Å². The number of hydrogen-bond acceptors (Lipinski definition) is 5. The van der Waals surface area contributed by atoms with E-state index in [1.165, 1.54) is 25.3 Å². The number of nitrogens with one attached hydrogen (secondary N) is 1. The first kappa shape index (κ1) is 13.8. The van der Waals surface area contributed by atoms with Crippen LogP contribution in [-0.4, -0.2) is 33.3 Å². The summed E-state index contributed by atoms with van der Waals surface area (Å²) in [6.45, 7) is 1.96. The van der Waals surface area contributed by atoms with E-state index in [4.69, 9.17) is 10.5 Å². The molecule has 0 aromatic heterocycles. The maximum atomic E-state index is 11.9. The highest BCUT2D eigenvalue weighted by Gasteiger charge is 2.18. The Morgan fingerprint density at radius 2 is 2.18 bits per heavy atom. The van der Waals surface area contributed by atoms with Crippen LogP contribution in [0.25, 0.3) is 0 Å². The van der Waals surface area contributed by atoms with Crippen molar-refractivity contribution in [3.8, 4) is 5.75 Å². The molecule has 0 spiro atoms. The number of aromatic hydroxyl groups is 1. The lowest BCUT2D eigenvalue weighted by atomic mass is 10.3. The number of rotatable bonds is 5. The quantitative estimate of drug-likeness (QED) is 0.521. The highest BCUT2D eigenvalue weighted by molar-refractivity contribution is 7.89. The van der Waals surface area contributed by atoms with Gasteiger partial charge in [0.15, 0.2) is 0 Å². The number of methoxy groups -OCH3 is 1. The fourth-order valence-corrected chi connectivity index (χ4v) is 2.58. The zero-order chi connectivity index (χ0) is 13.1. The number of anilines is 1. The van der Waals surface area contributed by atoms with E-state index >= 15 is 0 Å². The van der Waals surface area contributed by atoms with Crippen LogP contribution in [0.4, 0.5) is 5.69 Å². The molecule has 4 N–H and O–H groups in total. The van der Waals surface area contributed by atoms with E-state index in [1.807, 2.05) is 0 Å². The Labute approximate surface area is 100 Å². The molecule has 6 nitrogen and oxygen atoms in total. The second kappa shape index (κ2) is 5.35. The molecule has 0 bridgehead atoms. The fourth-order valence-electron chi connectivity index (χ4n) is 1.32. The van der Waals surface area contributed by atoms with E-state index in [9.17, 15) is 13.5 Å². The minimum atomic E-state index is -3.64. The Kier molecular flexibility index (Phi) is 4.33. The van der Waals surface area contributed by atoms with Crippen molar-refractivity contribution >= 4 is 15.7 Å². The molecule has 7 heteroatoms. The second-order valence-electron chi connectivity index (χ2n) is 3.70. The standard InChI is InChI=1S/C10H16N2O4S/c1-7(6-16-2)12-17(14,15)8-3-4-10(13)9(11)5-8/h3-5,7,12-13H,6,11H2,1-2H3. The molecule has 0 aliphatic carbocycles. The molecule has 0 aliphatic rings. The molecule has 0 amide bonds. The van der Waals surface area contributed by atoms with Crippen LogP contribution in [0.5, 0.6) is 5.75 Å². The third-order valence-corrected chi connectivity index (χ3v) is 3.67. The average Bonchev–Trinajstić information content (AvgIpc) is 2.21. The molecule has 1 rings (SSSR count). The first-order chi connectivity index (χ1) is 7.86. The monoisotopic (exact) mass is 260 g/mol. The molecular weight excluding hydrogens is 244 g/mol. The van der Waals surface area contributed by atoms with Crippen LogP contribution in [-0.2, 0) is 14.8 Å². The second-order valence-corrected chi connectivity index (χ2v) is 5.41. The molecule has 17 heavy (non-hydrogen) atoms. The van der Waals surface area contributed by atoms with Gasteiger partial charge in [-0.25, -0.2) is 13.1 Å². The van der Waals surface area contributed by atoms with Crippen LogP contribution in [0.15, 0.2) is 23.1 Å². The zero-order valence-corrected chi connectivity index (χ0v) is 10.5. The molecule has 0 aliphatic heterocycles. The van der Waals surface area contributed by atoms with E-state index < -0.39 is 10.0 Å². The molecule has 0 radical (unpaired) electrons. The van der Waals surface area contributed by atoms with Crippen LogP contribution < -0.4 is 10.5 Å². The fraction of sp³-hybridized carbons (Fsp3) is 0.400. The molecule has 1 aromatic carbocycles. The maximum Gasteiger partial charge on any atom is 0.240 e. The topological polar surface area (TPSA) is 102 Å². The van der Waals surface area contributed by atoms with Crippen LogP contribution in [0, 0.1) is 0 Å². The van der Waals surface area contributed by atoms with E-state index in [-0.39, 0.29) is 29.0 Å². The van der Waals surface area contributed by atoms with Gasteiger partial charge in [-0.15, -0.1) is 0 Å². The zero-order valence-electron chi connectivity index (χ0n) is 9.67. The summed E-state index contributed by atoms with van der Waals surface area (Å²) in [7, 11) is -2.15. The van der Waals surface area contributed by atoms with Crippen LogP contribution >= 0.6 is 0 Å². The SMILES string of the molecule is COCC(C)NS(=O)(=O)c1ccc(O)c(N)c1. The Hall–Kier alpha value is -1.31. The number of ether oxygens (including phenoxy) is 1. The van der Waals surface area contributed by atoms with Gasteiger partial charge in [0, 0.05) is 13.2 Å². The van der Waals surface area contributed by atoms with Crippen molar-refractivity contribution in [1.82, 2.24) is 4.72 Å². The molecule has 1 atom stereocenters. The minimum absolute atomic E-state index is 0.00996. The van der Waals surface area contributed by atoms with Crippen molar-refractivity contribution in [2.75, 3.05) is 19.5 Å². The number of benzene rings is 1. The summed E-state index contributed by atoms with van der Waals surface area (Å²) >= 11 is 0. The maximum absolute atomic E-state index is 11.9. The average molecular weight is 260 g/mol. The molecule has 0 saturated carbocycles. The number of sulfonamides is 1. The van der Waals surface area contributed by atoms with Gasteiger partial charge in [-0.2, -0.15) is 0 Å². The Balaban J connectivity index is 2.93. The van der Waals surface area contributed by atoms with Crippen LogP contribution in [0.1, 0.15) is 6.92 Å². The van der Waals surface area contributed by atoms with Gasteiger partial charge < -0.3 is 15.6 Å². The van der Waals surface area contributed by atoms with Gasteiger partial charge in [0.1, 0.15) is 5.75 Å². The van der Waals surface area contributed by atoms with Gasteiger partial charge in [-0.3, -0.25) is 0 Å². The highest BCUT2D eigenvalue weighted by atomic mass is 32.2. The Morgan fingerprint density at radius 1 is 1.53 bits per heavy atom. The summed E-state index contributed by atoms with van der Waals surface area (Å²) in [5, 5.41) is 9.22. The van der Waals surface area contributed by atoms with Crippen molar-refractivity contribution in [1.29, 1.82) is 0 Å². The molecular formula is C10H16N2O4S. The lowest BCUT2D eigenvalue weighted by Crippen LogP contribution is -2.35. The first-order valence-corrected chi connectivity index (χ1v) is 6.45. The molecule has 96 valence electrons. The van der Waals surface area contributed by atoms with E-state index in [1.54, 1.807) is 6.92 Å². The number of nitrogen functional groups attached to an aromatic ring is 1. The van der Waals surface area contributed by atoms with Crippen LogP contribution in [0.2, 0.25) is 0 Å². The normalized spacial score (nSPS) is 13.5. The van der Waals surface area contributed by atoms with Gasteiger partial charge in [-0.05, 0) is 25.1 Å². The predicted octanol–water partition coefficient (Wildman–Crippen LogP) is 0.288. The van der Waals surface area contributed by atoms with Crippen LogP contribution in [0.3, 0.4) is 0 Å². The molecule has 1 unspecified atom stereocenters. The van der Waals surface area contributed by atoms with Gasteiger partial charge in [-0.1, -0.05) is 0 Å². The van der Waals surface area contributed by atoms with Gasteiger partial charge in [0.05, 0.1) is 17.2 Å². The Bertz CT molecular complexity index is 487. The summed E-state index contributed by atoms with van der Waals surface area (Å²) in [4.78, 5) is 0.00996. The summed E-state index contributed by atoms with van der Waals surface area (Å²) in [5.41, 5.74) is 5.46. The largest absolute Gasteiger partial charge is 0.506 e. The summed E-state index contributed by atoms with van der Waals surface area (Å²) < 4.78 is 31.0. The molecule has 0 saturated heterocycles. The lowest BCUT2D eigenvalue weighted by molar-refractivity contribution is 0.180. The first-order valence-electron chi connectivity index (χ1n) is 4.96. The number of phenolic OH excluding ortho intramolecular Hbond substituents is 1. The van der Waals surface area contributed by atoms with Gasteiger partial charge >= 0.3 is 0 Å². The van der Waals surface area contributed by atoms with E-state index in [0.717, 1.165) is 0 Å².